The Morgan fingerprint density at radius 3 is 2.60 bits per heavy atom. The predicted octanol–water partition coefficient (Wildman–Crippen LogP) is 2.49. The Hall–Kier alpha value is -2.66. The summed E-state index contributed by atoms with van der Waals surface area (Å²) in [6.07, 6.45) is 2.36. The number of carbonyl (C=O) groups excluding carboxylic acids is 2. The zero-order chi connectivity index (χ0) is 17.8. The summed E-state index contributed by atoms with van der Waals surface area (Å²) >= 11 is 0. The number of hydrogen-bond acceptors (Lipinski definition) is 3. The van der Waals surface area contributed by atoms with Crippen LogP contribution in [0.25, 0.3) is 0 Å². The molecule has 5 nitrogen and oxygen atoms in total. The SMILES string of the molecule is C[C@H](N)C(=O)Nc1ccc(CC(=O)N2CCCc3ccccc32)cc1. The van der Waals surface area contributed by atoms with E-state index >= 15 is 0 Å². The maximum Gasteiger partial charge on any atom is 0.240 e. The van der Waals surface area contributed by atoms with Gasteiger partial charge in [-0.2, -0.15) is 0 Å². The minimum Gasteiger partial charge on any atom is -0.325 e. The molecule has 5 heteroatoms. The number of para-hydroxylation sites is 1. The number of fused-ring (bicyclic) bond motifs is 1. The second-order valence-corrected chi connectivity index (χ2v) is 6.43. The summed E-state index contributed by atoms with van der Waals surface area (Å²) in [5.41, 5.74) is 9.40. The molecule has 0 aromatic heterocycles. The Morgan fingerprint density at radius 1 is 1.16 bits per heavy atom. The van der Waals surface area contributed by atoms with Crippen LogP contribution in [0.5, 0.6) is 0 Å². The van der Waals surface area contributed by atoms with E-state index in [0.717, 1.165) is 30.6 Å². The first-order valence-electron chi connectivity index (χ1n) is 8.58. The minimum atomic E-state index is -0.555. The van der Waals surface area contributed by atoms with Gasteiger partial charge in [0.2, 0.25) is 11.8 Å². The third-order valence-electron chi connectivity index (χ3n) is 4.40. The summed E-state index contributed by atoms with van der Waals surface area (Å²) in [7, 11) is 0. The molecule has 1 aliphatic heterocycles. The third-order valence-corrected chi connectivity index (χ3v) is 4.40. The largest absolute Gasteiger partial charge is 0.325 e. The van der Waals surface area contributed by atoms with E-state index in [9.17, 15) is 9.59 Å². The van der Waals surface area contributed by atoms with Gasteiger partial charge in [0.05, 0.1) is 12.5 Å². The molecule has 0 fully saturated rings. The smallest absolute Gasteiger partial charge is 0.240 e. The second kappa shape index (κ2) is 7.49. The van der Waals surface area contributed by atoms with Gasteiger partial charge in [-0.15, -0.1) is 0 Å². The number of carbonyl (C=O) groups is 2. The van der Waals surface area contributed by atoms with Crippen molar-refractivity contribution in [2.45, 2.75) is 32.2 Å². The molecule has 0 saturated carbocycles. The molecule has 0 aliphatic carbocycles. The highest BCUT2D eigenvalue weighted by molar-refractivity contribution is 5.96. The molecular weight excluding hydrogens is 314 g/mol. The number of nitrogens with zero attached hydrogens (tertiary/aromatic N) is 1. The van der Waals surface area contributed by atoms with Crippen LogP contribution in [-0.4, -0.2) is 24.4 Å². The quantitative estimate of drug-likeness (QED) is 0.900. The van der Waals surface area contributed by atoms with Crippen LogP contribution in [0.15, 0.2) is 48.5 Å². The van der Waals surface area contributed by atoms with Crippen molar-refractivity contribution >= 4 is 23.2 Å². The predicted molar refractivity (Wildman–Crippen MR) is 99.5 cm³/mol. The topological polar surface area (TPSA) is 75.4 Å². The molecule has 3 N–H and O–H groups in total. The third kappa shape index (κ3) is 4.06. The van der Waals surface area contributed by atoms with Crippen LogP contribution in [0.3, 0.4) is 0 Å². The van der Waals surface area contributed by atoms with E-state index in [1.54, 1.807) is 19.1 Å². The highest BCUT2D eigenvalue weighted by Crippen LogP contribution is 2.27. The van der Waals surface area contributed by atoms with Gasteiger partial charge in [0.1, 0.15) is 0 Å². The lowest BCUT2D eigenvalue weighted by Gasteiger charge is -2.29. The first kappa shape index (κ1) is 17.2. The van der Waals surface area contributed by atoms with Gasteiger partial charge in [-0.05, 0) is 49.1 Å². The molecule has 2 aromatic carbocycles. The molecule has 0 saturated heterocycles. The maximum absolute atomic E-state index is 12.7. The van der Waals surface area contributed by atoms with E-state index in [1.165, 1.54) is 5.56 Å². The summed E-state index contributed by atoms with van der Waals surface area (Å²) in [6, 6.07) is 14.9. The van der Waals surface area contributed by atoms with Gasteiger partial charge in [-0.1, -0.05) is 30.3 Å². The lowest BCUT2D eigenvalue weighted by Crippen LogP contribution is -2.36. The zero-order valence-electron chi connectivity index (χ0n) is 14.4. The minimum absolute atomic E-state index is 0.0968. The van der Waals surface area contributed by atoms with Gasteiger partial charge in [0, 0.05) is 17.9 Å². The second-order valence-electron chi connectivity index (χ2n) is 6.43. The molecule has 1 aliphatic rings. The molecule has 0 bridgehead atoms. The van der Waals surface area contributed by atoms with Gasteiger partial charge in [-0.25, -0.2) is 0 Å². The molecule has 130 valence electrons. The molecule has 2 amide bonds. The van der Waals surface area contributed by atoms with Crippen molar-refractivity contribution in [1.82, 2.24) is 0 Å². The van der Waals surface area contributed by atoms with Crippen LogP contribution in [0, 0.1) is 0 Å². The van der Waals surface area contributed by atoms with Crippen LogP contribution in [0.1, 0.15) is 24.5 Å². The van der Waals surface area contributed by atoms with Crippen molar-refractivity contribution in [1.29, 1.82) is 0 Å². The van der Waals surface area contributed by atoms with E-state index in [-0.39, 0.29) is 11.8 Å². The van der Waals surface area contributed by atoms with Gasteiger partial charge in [0.25, 0.3) is 0 Å². The number of rotatable bonds is 4. The summed E-state index contributed by atoms with van der Waals surface area (Å²) in [4.78, 5) is 26.2. The van der Waals surface area contributed by atoms with Crippen molar-refractivity contribution in [2.24, 2.45) is 5.73 Å². The Kier molecular flexibility index (Phi) is 5.14. The van der Waals surface area contributed by atoms with Crippen LogP contribution in [0.2, 0.25) is 0 Å². The average molecular weight is 337 g/mol. The first-order chi connectivity index (χ1) is 12.0. The molecular formula is C20H23N3O2. The maximum atomic E-state index is 12.7. The summed E-state index contributed by atoms with van der Waals surface area (Å²) in [5, 5.41) is 2.74. The van der Waals surface area contributed by atoms with Gasteiger partial charge < -0.3 is 16.0 Å². The van der Waals surface area contributed by atoms with Crippen LogP contribution < -0.4 is 16.0 Å². The number of amides is 2. The molecule has 3 rings (SSSR count). The van der Waals surface area contributed by atoms with E-state index in [4.69, 9.17) is 5.73 Å². The van der Waals surface area contributed by atoms with Gasteiger partial charge in [0.15, 0.2) is 0 Å². The molecule has 0 radical (unpaired) electrons. The lowest BCUT2D eigenvalue weighted by molar-refractivity contribution is -0.118. The Balaban J connectivity index is 1.67. The van der Waals surface area contributed by atoms with Crippen LogP contribution in [-0.2, 0) is 22.4 Å². The van der Waals surface area contributed by atoms with E-state index < -0.39 is 6.04 Å². The molecule has 0 unspecified atom stereocenters. The molecule has 0 spiro atoms. The number of aryl methyl sites for hydroxylation is 1. The molecule has 2 aromatic rings. The van der Waals surface area contributed by atoms with Crippen molar-refractivity contribution in [3.63, 3.8) is 0 Å². The van der Waals surface area contributed by atoms with Gasteiger partial charge in [-0.3, -0.25) is 9.59 Å². The molecule has 1 atom stereocenters. The number of nitrogens with one attached hydrogen (secondary N) is 1. The standard InChI is InChI=1S/C20H23N3O2/c1-14(21)20(25)22-17-10-8-15(9-11-17)13-19(24)23-12-4-6-16-5-2-3-7-18(16)23/h2-3,5,7-11,14H,4,6,12-13,21H2,1H3,(H,22,25)/t14-/m0/s1. The Morgan fingerprint density at radius 2 is 1.88 bits per heavy atom. The average Bonchev–Trinajstić information content (AvgIpc) is 2.62. The summed E-state index contributed by atoms with van der Waals surface area (Å²) < 4.78 is 0. The van der Waals surface area contributed by atoms with Crippen LogP contribution >= 0.6 is 0 Å². The number of hydrogen-bond donors (Lipinski definition) is 2. The summed E-state index contributed by atoms with van der Waals surface area (Å²) in [5.74, 6) is -0.131. The number of benzene rings is 2. The normalized spacial score (nSPS) is 14.6. The fourth-order valence-electron chi connectivity index (χ4n) is 3.02. The fraction of sp³-hybridized carbons (Fsp3) is 0.300. The zero-order valence-corrected chi connectivity index (χ0v) is 14.4. The Labute approximate surface area is 147 Å². The van der Waals surface area contributed by atoms with Crippen LogP contribution in [0.4, 0.5) is 11.4 Å². The van der Waals surface area contributed by atoms with Crippen molar-refractivity contribution < 1.29 is 9.59 Å². The van der Waals surface area contributed by atoms with Crippen molar-refractivity contribution in [2.75, 3.05) is 16.8 Å². The van der Waals surface area contributed by atoms with E-state index in [0.29, 0.717) is 12.1 Å². The van der Waals surface area contributed by atoms with Crippen molar-refractivity contribution in [3.05, 3.63) is 59.7 Å². The molecule has 1 heterocycles. The van der Waals surface area contributed by atoms with Gasteiger partial charge >= 0.3 is 0 Å². The number of anilines is 2. The van der Waals surface area contributed by atoms with E-state index in [2.05, 4.69) is 11.4 Å². The van der Waals surface area contributed by atoms with Crippen molar-refractivity contribution in [3.8, 4) is 0 Å². The number of nitrogens with two attached hydrogens (primary N) is 1. The summed E-state index contributed by atoms with van der Waals surface area (Å²) in [6.45, 7) is 2.40. The lowest BCUT2D eigenvalue weighted by atomic mass is 10.0. The molecule has 25 heavy (non-hydrogen) atoms. The Bertz CT molecular complexity index is 769. The monoisotopic (exact) mass is 337 g/mol. The highest BCUT2D eigenvalue weighted by atomic mass is 16.2. The fourth-order valence-corrected chi connectivity index (χ4v) is 3.02. The first-order valence-corrected chi connectivity index (χ1v) is 8.58. The highest BCUT2D eigenvalue weighted by Gasteiger charge is 2.22. The van der Waals surface area contributed by atoms with E-state index in [1.807, 2.05) is 35.2 Å².